The van der Waals surface area contributed by atoms with E-state index in [0.717, 1.165) is 24.3 Å². The molecule has 1 aliphatic rings. The summed E-state index contributed by atoms with van der Waals surface area (Å²) in [5.74, 6) is 0.0317. The van der Waals surface area contributed by atoms with Crippen molar-refractivity contribution >= 4 is 34.2 Å². The molecule has 1 N–H and O–H groups in total. The SMILES string of the molecule is Cc1cc(I)ccc1NC(=O)CN1CC(C)OC(C)(C)C1. The third-order valence-electron chi connectivity index (χ3n) is 3.47. The Kier molecular flexibility index (Phi) is 5.27. The van der Waals surface area contributed by atoms with E-state index in [1.54, 1.807) is 0 Å². The van der Waals surface area contributed by atoms with Crippen LogP contribution in [0.15, 0.2) is 18.2 Å². The van der Waals surface area contributed by atoms with Crippen LogP contribution < -0.4 is 5.32 Å². The van der Waals surface area contributed by atoms with Gasteiger partial charge in [-0.3, -0.25) is 9.69 Å². The van der Waals surface area contributed by atoms with Crippen molar-refractivity contribution in [2.45, 2.75) is 39.4 Å². The van der Waals surface area contributed by atoms with Gasteiger partial charge >= 0.3 is 0 Å². The van der Waals surface area contributed by atoms with Gasteiger partial charge in [0.1, 0.15) is 0 Å². The molecule has 0 bridgehead atoms. The summed E-state index contributed by atoms with van der Waals surface area (Å²) < 4.78 is 7.03. The van der Waals surface area contributed by atoms with Gasteiger partial charge in [0.2, 0.25) is 5.91 Å². The van der Waals surface area contributed by atoms with E-state index < -0.39 is 0 Å². The Bertz CT molecular complexity index is 531. The van der Waals surface area contributed by atoms with Crippen molar-refractivity contribution in [3.05, 3.63) is 27.3 Å². The molecule has 0 aliphatic carbocycles. The van der Waals surface area contributed by atoms with E-state index in [-0.39, 0.29) is 17.6 Å². The fraction of sp³-hybridized carbons (Fsp3) is 0.562. The van der Waals surface area contributed by atoms with Crippen molar-refractivity contribution in [1.29, 1.82) is 0 Å². The van der Waals surface area contributed by atoms with Crippen LogP contribution in [-0.2, 0) is 9.53 Å². The summed E-state index contributed by atoms with van der Waals surface area (Å²) in [4.78, 5) is 14.4. The second-order valence-corrected chi connectivity index (χ2v) is 7.61. The van der Waals surface area contributed by atoms with E-state index in [1.807, 2.05) is 19.1 Å². The maximum absolute atomic E-state index is 12.2. The monoisotopic (exact) mass is 402 g/mol. The van der Waals surface area contributed by atoms with Crippen molar-refractivity contribution in [2.24, 2.45) is 0 Å². The van der Waals surface area contributed by atoms with Gasteiger partial charge in [-0.25, -0.2) is 0 Å². The van der Waals surface area contributed by atoms with Crippen LogP contribution in [0.25, 0.3) is 0 Å². The summed E-state index contributed by atoms with van der Waals surface area (Å²) in [5, 5.41) is 3.00. The van der Waals surface area contributed by atoms with Gasteiger partial charge in [0.25, 0.3) is 0 Å². The Morgan fingerprint density at radius 2 is 2.24 bits per heavy atom. The zero-order valence-electron chi connectivity index (χ0n) is 13.1. The van der Waals surface area contributed by atoms with Crippen LogP contribution in [0, 0.1) is 10.5 Å². The van der Waals surface area contributed by atoms with Gasteiger partial charge in [0.15, 0.2) is 0 Å². The number of hydrogen-bond donors (Lipinski definition) is 1. The van der Waals surface area contributed by atoms with E-state index in [4.69, 9.17) is 4.74 Å². The summed E-state index contributed by atoms with van der Waals surface area (Å²) in [6.07, 6.45) is 0.154. The van der Waals surface area contributed by atoms with Crippen LogP contribution in [0.4, 0.5) is 5.69 Å². The van der Waals surface area contributed by atoms with E-state index in [9.17, 15) is 4.79 Å². The molecule has 21 heavy (non-hydrogen) atoms. The number of hydrogen-bond acceptors (Lipinski definition) is 3. The number of nitrogens with one attached hydrogen (secondary N) is 1. The first-order valence-electron chi connectivity index (χ1n) is 7.21. The van der Waals surface area contributed by atoms with Gasteiger partial charge in [-0.05, 0) is 74.0 Å². The molecule has 0 radical (unpaired) electrons. The minimum absolute atomic E-state index is 0.0317. The van der Waals surface area contributed by atoms with Crippen LogP contribution in [0.5, 0.6) is 0 Å². The Morgan fingerprint density at radius 3 is 2.86 bits per heavy atom. The number of morpholine rings is 1. The van der Waals surface area contributed by atoms with Gasteiger partial charge in [-0.15, -0.1) is 0 Å². The molecule has 0 aromatic heterocycles. The molecule has 0 saturated carbocycles. The lowest BCUT2D eigenvalue weighted by atomic mass is 10.1. The Balaban J connectivity index is 1.95. The number of benzene rings is 1. The lowest BCUT2D eigenvalue weighted by Crippen LogP contribution is -2.53. The lowest BCUT2D eigenvalue weighted by molar-refractivity contribution is -0.136. The minimum atomic E-state index is -0.198. The molecule has 1 aromatic rings. The molecule has 1 saturated heterocycles. The van der Waals surface area contributed by atoms with Crippen LogP contribution in [0.3, 0.4) is 0 Å². The normalized spacial score (nSPS) is 22.0. The second-order valence-electron chi connectivity index (χ2n) is 6.37. The zero-order chi connectivity index (χ0) is 15.6. The largest absolute Gasteiger partial charge is 0.370 e. The van der Waals surface area contributed by atoms with Crippen LogP contribution >= 0.6 is 22.6 Å². The third-order valence-corrected chi connectivity index (χ3v) is 4.14. The summed E-state index contributed by atoms with van der Waals surface area (Å²) in [7, 11) is 0. The number of amides is 1. The predicted molar refractivity (Wildman–Crippen MR) is 93.6 cm³/mol. The fourth-order valence-corrected chi connectivity index (χ4v) is 3.51. The first kappa shape index (κ1) is 16.7. The molecule has 1 amide bonds. The summed E-state index contributed by atoms with van der Waals surface area (Å²) in [6.45, 7) is 10.2. The van der Waals surface area contributed by atoms with Crippen molar-refractivity contribution in [3.8, 4) is 0 Å². The van der Waals surface area contributed by atoms with Crippen LogP contribution in [0.1, 0.15) is 26.3 Å². The van der Waals surface area contributed by atoms with Gasteiger partial charge in [0.05, 0.1) is 18.2 Å². The molecule has 0 spiro atoms. The van der Waals surface area contributed by atoms with E-state index in [0.29, 0.717) is 6.54 Å². The van der Waals surface area contributed by atoms with Crippen LogP contribution in [-0.4, -0.2) is 42.1 Å². The van der Waals surface area contributed by atoms with Crippen molar-refractivity contribution < 1.29 is 9.53 Å². The smallest absolute Gasteiger partial charge is 0.238 e. The molecule has 1 aliphatic heterocycles. The number of aryl methyl sites for hydroxylation is 1. The maximum atomic E-state index is 12.2. The first-order chi connectivity index (χ1) is 9.75. The molecule has 2 rings (SSSR count). The average molecular weight is 402 g/mol. The molecule has 116 valence electrons. The van der Waals surface area contributed by atoms with Crippen molar-refractivity contribution in [1.82, 2.24) is 4.90 Å². The molecule has 4 nitrogen and oxygen atoms in total. The summed E-state index contributed by atoms with van der Waals surface area (Å²) >= 11 is 2.27. The minimum Gasteiger partial charge on any atom is -0.370 e. The highest BCUT2D eigenvalue weighted by Crippen LogP contribution is 2.21. The number of nitrogens with zero attached hydrogens (tertiary/aromatic N) is 1. The van der Waals surface area contributed by atoms with Gasteiger partial charge in [0, 0.05) is 22.3 Å². The summed E-state index contributed by atoms with van der Waals surface area (Å²) in [6, 6.07) is 6.03. The van der Waals surface area contributed by atoms with E-state index in [2.05, 4.69) is 59.6 Å². The second kappa shape index (κ2) is 6.62. The number of carbonyl (C=O) groups is 1. The molecule has 1 unspecified atom stereocenters. The maximum Gasteiger partial charge on any atom is 0.238 e. The Hall–Kier alpha value is -0.660. The Labute approximate surface area is 140 Å². The van der Waals surface area contributed by atoms with Crippen molar-refractivity contribution in [2.75, 3.05) is 25.0 Å². The molecule has 1 heterocycles. The highest BCUT2D eigenvalue weighted by Gasteiger charge is 2.31. The van der Waals surface area contributed by atoms with E-state index in [1.165, 1.54) is 3.57 Å². The standard InChI is InChI=1S/C16H23IN2O2/c1-11-7-13(17)5-6-14(11)18-15(20)9-19-8-12(2)21-16(3,4)10-19/h5-7,12H,8-10H2,1-4H3,(H,18,20). The zero-order valence-corrected chi connectivity index (χ0v) is 15.2. The number of rotatable bonds is 3. The quantitative estimate of drug-likeness (QED) is 0.791. The van der Waals surface area contributed by atoms with Crippen molar-refractivity contribution in [3.63, 3.8) is 0 Å². The average Bonchev–Trinajstić information content (AvgIpc) is 2.29. The highest BCUT2D eigenvalue weighted by atomic mass is 127. The van der Waals surface area contributed by atoms with Gasteiger partial charge in [-0.2, -0.15) is 0 Å². The van der Waals surface area contributed by atoms with Gasteiger partial charge in [-0.1, -0.05) is 0 Å². The molecule has 1 aromatic carbocycles. The lowest BCUT2D eigenvalue weighted by Gasteiger charge is -2.41. The summed E-state index contributed by atoms with van der Waals surface area (Å²) in [5.41, 5.74) is 1.78. The molecule has 1 fully saturated rings. The predicted octanol–water partition coefficient (Wildman–Crippen LogP) is 3.04. The molecule has 1 atom stereocenters. The highest BCUT2D eigenvalue weighted by molar-refractivity contribution is 14.1. The van der Waals surface area contributed by atoms with Gasteiger partial charge < -0.3 is 10.1 Å². The third kappa shape index (κ3) is 4.93. The number of ether oxygens (including phenoxy) is 1. The number of carbonyl (C=O) groups excluding carboxylic acids is 1. The molecule has 5 heteroatoms. The van der Waals surface area contributed by atoms with E-state index >= 15 is 0 Å². The number of anilines is 1. The first-order valence-corrected chi connectivity index (χ1v) is 8.29. The molecular formula is C16H23IN2O2. The Morgan fingerprint density at radius 1 is 1.52 bits per heavy atom. The topological polar surface area (TPSA) is 41.6 Å². The fourth-order valence-electron chi connectivity index (χ4n) is 2.87. The molecular weight excluding hydrogens is 379 g/mol. The van der Waals surface area contributed by atoms with Crippen LogP contribution in [0.2, 0.25) is 0 Å². The number of halogens is 1.